The van der Waals surface area contributed by atoms with Crippen LogP contribution in [0.5, 0.6) is 0 Å². The van der Waals surface area contributed by atoms with Gasteiger partial charge in [-0.1, -0.05) is 5.92 Å². The van der Waals surface area contributed by atoms with E-state index in [1.54, 1.807) is 13.0 Å². The summed E-state index contributed by atoms with van der Waals surface area (Å²) in [5.41, 5.74) is 1.04. The average Bonchev–Trinajstić information content (AvgIpc) is 2.03. The summed E-state index contributed by atoms with van der Waals surface area (Å²) in [7, 11) is 0. The number of nitro groups is 1. The Kier molecular flexibility index (Phi) is 2.06. The van der Waals surface area contributed by atoms with Gasteiger partial charge in [0, 0.05) is 5.56 Å². The largest absolute Gasteiger partial charge is 0.366 e. The number of aryl methyl sites for hydroxylation is 1. The third-order valence-corrected chi connectivity index (χ3v) is 1.39. The maximum absolute atomic E-state index is 10.3. The van der Waals surface area contributed by atoms with Crippen LogP contribution in [0, 0.1) is 29.4 Å². The highest BCUT2D eigenvalue weighted by Gasteiger charge is 2.10. The van der Waals surface area contributed by atoms with E-state index in [1.807, 2.05) is 0 Å². The van der Waals surface area contributed by atoms with E-state index in [2.05, 4.69) is 10.9 Å². The van der Waals surface area contributed by atoms with Gasteiger partial charge in [-0.05, 0) is 22.9 Å². The summed E-state index contributed by atoms with van der Waals surface area (Å²) in [6.07, 6.45) is 6.40. The van der Waals surface area contributed by atoms with Crippen LogP contribution < -0.4 is 0 Å². The van der Waals surface area contributed by atoms with Crippen LogP contribution in [-0.2, 0) is 0 Å². The number of aromatic nitrogens is 1. The van der Waals surface area contributed by atoms with E-state index in [-0.39, 0.29) is 5.82 Å². The molecular weight excluding hydrogens is 156 g/mol. The molecule has 0 aromatic carbocycles. The second-order valence-corrected chi connectivity index (χ2v) is 2.27. The van der Waals surface area contributed by atoms with Gasteiger partial charge < -0.3 is 10.1 Å². The van der Waals surface area contributed by atoms with Crippen LogP contribution in [0.25, 0.3) is 0 Å². The molecule has 1 aromatic rings. The molecule has 1 rings (SSSR count). The minimum Gasteiger partial charge on any atom is -0.358 e. The Morgan fingerprint density at radius 1 is 1.75 bits per heavy atom. The number of pyridine rings is 1. The molecule has 4 nitrogen and oxygen atoms in total. The fourth-order valence-electron chi connectivity index (χ4n) is 0.838. The van der Waals surface area contributed by atoms with E-state index >= 15 is 0 Å². The van der Waals surface area contributed by atoms with Crippen LogP contribution in [0.3, 0.4) is 0 Å². The monoisotopic (exact) mass is 162 g/mol. The predicted molar refractivity (Wildman–Crippen MR) is 43.6 cm³/mol. The first-order valence-electron chi connectivity index (χ1n) is 3.23. The molecule has 0 aliphatic rings. The maximum atomic E-state index is 10.3. The van der Waals surface area contributed by atoms with Gasteiger partial charge in [-0.15, -0.1) is 6.42 Å². The molecule has 0 saturated heterocycles. The Hall–Kier alpha value is -1.89. The minimum atomic E-state index is -0.532. The van der Waals surface area contributed by atoms with Crippen molar-refractivity contribution in [2.75, 3.05) is 0 Å². The highest BCUT2D eigenvalue weighted by molar-refractivity contribution is 5.39. The molecule has 0 unspecified atom stereocenters. The zero-order valence-electron chi connectivity index (χ0n) is 6.44. The van der Waals surface area contributed by atoms with Crippen molar-refractivity contribution in [3.63, 3.8) is 0 Å². The lowest BCUT2D eigenvalue weighted by molar-refractivity contribution is -0.390. The zero-order chi connectivity index (χ0) is 9.14. The van der Waals surface area contributed by atoms with E-state index in [4.69, 9.17) is 6.42 Å². The Balaban J connectivity index is 3.23. The molecule has 0 spiro atoms. The smallest absolute Gasteiger partial charge is 0.358 e. The molecule has 1 aromatic heterocycles. The van der Waals surface area contributed by atoms with Gasteiger partial charge in [0.2, 0.25) is 0 Å². The average molecular weight is 162 g/mol. The van der Waals surface area contributed by atoms with Gasteiger partial charge in [0.15, 0.2) is 6.20 Å². The molecule has 0 atom stereocenters. The maximum Gasteiger partial charge on any atom is 0.366 e. The quantitative estimate of drug-likeness (QED) is 0.355. The highest BCUT2D eigenvalue weighted by atomic mass is 16.6. The van der Waals surface area contributed by atoms with E-state index in [0.717, 1.165) is 0 Å². The topological polar surface area (TPSA) is 56.0 Å². The summed E-state index contributed by atoms with van der Waals surface area (Å²) in [5, 5.41) is 10.3. The standard InChI is InChI=1S/C8H6N2O2/c1-3-7-4-6(2)8(9-5-7)10(11)12/h1,4-5H,2H3. The minimum absolute atomic E-state index is 0.144. The summed E-state index contributed by atoms with van der Waals surface area (Å²) in [6, 6.07) is 1.56. The van der Waals surface area contributed by atoms with Crippen LogP contribution in [0.2, 0.25) is 0 Å². The molecule has 0 N–H and O–H groups in total. The molecule has 0 saturated carbocycles. The van der Waals surface area contributed by atoms with Crippen molar-refractivity contribution in [1.82, 2.24) is 4.98 Å². The number of nitrogens with zero attached hydrogens (tertiary/aromatic N) is 2. The van der Waals surface area contributed by atoms with E-state index in [1.165, 1.54) is 6.20 Å². The molecule has 12 heavy (non-hydrogen) atoms. The molecule has 0 fully saturated rings. The summed E-state index contributed by atoms with van der Waals surface area (Å²) >= 11 is 0. The Bertz CT molecular complexity index is 366. The summed E-state index contributed by atoms with van der Waals surface area (Å²) in [6.45, 7) is 1.60. The van der Waals surface area contributed by atoms with Crippen molar-refractivity contribution >= 4 is 5.82 Å². The fourth-order valence-corrected chi connectivity index (χ4v) is 0.838. The van der Waals surface area contributed by atoms with Crippen molar-refractivity contribution in [3.05, 3.63) is 33.5 Å². The van der Waals surface area contributed by atoms with Crippen molar-refractivity contribution in [1.29, 1.82) is 0 Å². The molecular formula is C8H6N2O2. The zero-order valence-corrected chi connectivity index (χ0v) is 6.44. The van der Waals surface area contributed by atoms with Gasteiger partial charge in [-0.25, -0.2) is 0 Å². The Morgan fingerprint density at radius 2 is 2.42 bits per heavy atom. The molecule has 4 heteroatoms. The van der Waals surface area contributed by atoms with Gasteiger partial charge in [-0.2, -0.15) is 0 Å². The van der Waals surface area contributed by atoms with Crippen molar-refractivity contribution in [2.24, 2.45) is 0 Å². The summed E-state index contributed by atoms with van der Waals surface area (Å²) in [5.74, 6) is 2.20. The third-order valence-electron chi connectivity index (χ3n) is 1.39. The molecule has 1 heterocycles. The Labute approximate surface area is 69.4 Å². The first-order chi connectivity index (χ1) is 5.65. The number of hydrogen-bond donors (Lipinski definition) is 0. The summed E-state index contributed by atoms with van der Waals surface area (Å²) < 4.78 is 0. The van der Waals surface area contributed by atoms with E-state index in [0.29, 0.717) is 11.1 Å². The first kappa shape index (κ1) is 8.21. The van der Waals surface area contributed by atoms with Gasteiger partial charge in [0.1, 0.15) is 0 Å². The molecule has 0 radical (unpaired) electrons. The highest BCUT2D eigenvalue weighted by Crippen LogP contribution is 2.13. The van der Waals surface area contributed by atoms with Crippen LogP contribution >= 0.6 is 0 Å². The van der Waals surface area contributed by atoms with Gasteiger partial charge >= 0.3 is 5.82 Å². The van der Waals surface area contributed by atoms with Gasteiger partial charge in [-0.3, -0.25) is 0 Å². The molecule has 0 amide bonds. The fraction of sp³-hybridized carbons (Fsp3) is 0.125. The lowest BCUT2D eigenvalue weighted by Gasteiger charge is -1.95. The second kappa shape index (κ2) is 3.01. The lowest BCUT2D eigenvalue weighted by atomic mass is 10.2. The molecule has 0 aliphatic carbocycles. The van der Waals surface area contributed by atoms with Crippen molar-refractivity contribution in [2.45, 2.75) is 6.92 Å². The number of hydrogen-bond acceptors (Lipinski definition) is 3. The summed E-state index contributed by atoms with van der Waals surface area (Å²) in [4.78, 5) is 13.4. The van der Waals surface area contributed by atoms with E-state index < -0.39 is 4.92 Å². The van der Waals surface area contributed by atoms with E-state index in [9.17, 15) is 10.1 Å². The van der Waals surface area contributed by atoms with Gasteiger partial charge in [0.25, 0.3) is 0 Å². The SMILES string of the molecule is C#Cc1cnc([N+](=O)[O-])c(C)c1. The van der Waals surface area contributed by atoms with Crippen LogP contribution in [0.15, 0.2) is 12.3 Å². The third kappa shape index (κ3) is 1.40. The molecule has 0 bridgehead atoms. The number of rotatable bonds is 1. The second-order valence-electron chi connectivity index (χ2n) is 2.27. The molecule has 0 aliphatic heterocycles. The Morgan fingerprint density at radius 3 is 2.83 bits per heavy atom. The van der Waals surface area contributed by atoms with Crippen molar-refractivity contribution < 1.29 is 4.92 Å². The normalized spacial score (nSPS) is 9.00. The lowest BCUT2D eigenvalue weighted by Crippen LogP contribution is -1.95. The van der Waals surface area contributed by atoms with Crippen LogP contribution in [-0.4, -0.2) is 9.91 Å². The van der Waals surface area contributed by atoms with Gasteiger partial charge in [0.05, 0.1) is 5.56 Å². The van der Waals surface area contributed by atoms with Crippen molar-refractivity contribution in [3.8, 4) is 12.3 Å². The predicted octanol–water partition coefficient (Wildman–Crippen LogP) is 1.28. The van der Waals surface area contributed by atoms with Crippen LogP contribution in [0.1, 0.15) is 11.1 Å². The first-order valence-corrected chi connectivity index (χ1v) is 3.23. The number of terminal acetylenes is 1. The van der Waals surface area contributed by atoms with Crippen LogP contribution in [0.4, 0.5) is 5.82 Å². The molecule has 60 valence electrons.